The van der Waals surface area contributed by atoms with Crippen LogP contribution in [0.1, 0.15) is 39.0 Å². The lowest BCUT2D eigenvalue weighted by molar-refractivity contribution is -0.150. The molecule has 4 heteroatoms. The zero-order chi connectivity index (χ0) is 12.6. The largest absolute Gasteiger partial charge is 0.451 e. The lowest BCUT2D eigenvalue weighted by Gasteiger charge is -2.34. The van der Waals surface area contributed by atoms with Crippen molar-refractivity contribution in [2.24, 2.45) is 0 Å². The lowest BCUT2D eigenvalue weighted by Crippen LogP contribution is -2.40. The molecule has 1 aliphatic carbocycles. The molecule has 1 saturated carbocycles. The van der Waals surface area contributed by atoms with Gasteiger partial charge in [-0.1, -0.05) is 6.42 Å². The molecule has 1 fully saturated rings. The molecule has 2 aliphatic rings. The fourth-order valence-corrected chi connectivity index (χ4v) is 2.80. The zero-order valence-corrected chi connectivity index (χ0v) is 10.7. The topological polar surface area (TPSA) is 46.6 Å². The Balaban J connectivity index is 2.41. The predicted octanol–water partition coefficient (Wildman–Crippen LogP) is 1.65. The van der Waals surface area contributed by atoms with Gasteiger partial charge in [0.2, 0.25) is 0 Å². The van der Waals surface area contributed by atoms with E-state index in [-0.39, 0.29) is 11.9 Å². The van der Waals surface area contributed by atoms with Crippen LogP contribution in [0.15, 0.2) is 11.1 Å². The molecule has 0 radical (unpaired) electrons. The van der Waals surface area contributed by atoms with Gasteiger partial charge in [-0.25, -0.2) is 4.79 Å². The highest BCUT2D eigenvalue weighted by molar-refractivity contribution is 6.07. The average molecular weight is 237 g/mol. The van der Waals surface area contributed by atoms with Gasteiger partial charge >= 0.3 is 5.97 Å². The number of hydrogen-bond acceptors (Lipinski definition) is 3. The molecule has 1 amide bonds. The minimum absolute atomic E-state index is 0.0877. The number of ether oxygens (including phenoxy) is 1. The number of amides is 1. The molecule has 0 aromatic rings. The number of rotatable bonds is 1. The Morgan fingerprint density at radius 1 is 1.24 bits per heavy atom. The molecule has 0 aromatic heterocycles. The second kappa shape index (κ2) is 4.17. The van der Waals surface area contributed by atoms with E-state index < -0.39 is 5.60 Å². The van der Waals surface area contributed by atoms with Crippen LogP contribution in [0.25, 0.3) is 0 Å². The van der Waals surface area contributed by atoms with Gasteiger partial charge in [-0.15, -0.1) is 0 Å². The lowest BCUT2D eigenvalue weighted by atomic mass is 9.78. The molecular formula is C13H19NO3. The summed E-state index contributed by atoms with van der Waals surface area (Å²) in [5.41, 5.74) is 0.457. The van der Waals surface area contributed by atoms with E-state index in [9.17, 15) is 9.59 Å². The Morgan fingerprint density at radius 2 is 1.82 bits per heavy atom. The Kier molecular flexibility index (Phi) is 2.98. The molecule has 0 unspecified atom stereocenters. The number of carbonyl (C=O) groups is 2. The third-order valence-corrected chi connectivity index (χ3v) is 3.71. The molecule has 1 aliphatic heterocycles. The van der Waals surface area contributed by atoms with Gasteiger partial charge in [0, 0.05) is 19.7 Å². The molecule has 0 saturated heterocycles. The molecule has 1 heterocycles. The second-order valence-corrected chi connectivity index (χ2v) is 5.14. The summed E-state index contributed by atoms with van der Waals surface area (Å²) in [5, 5.41) is 0. The first-order valence-corrected chi connectivity index (χ1v) is 6.14. The Labute approximate surface area is 102 Å². The number of carbonyl (C=O) groups excluding carboxylic acids is 2. The van der Waals surface area contributed by atoms with Crippen LogP contribution in [0, 0.1) is 0 Å². The third kappa shape index (κ3) is 1.85. The van der Waals surface area contributed by atoms with Crippen molar-refractivity contribution in [3.8, 4) is 0 Å². The normalized spacial score (nSPS) is 22.9. The van der Waals surface area contributed by atoms with Crippen molar-refractivity contribution in [3.05, 3.63) is 11.1 Å². The van der Waals surface area contributed by atoms with Crippen molar-refractivity contribution < 1.29 is 14.3 Å². The van der Waals surface area contributed by atoms with Crippen molar-refractivity contribution in [2.45, 2.75) is 44.6 Å². The molecule has 2 rings (SSSR count). The summed E-state index contributed by atoms with van der Waals surface area (Å²) in [6, 6.07) is 0. The van der Waals surface area contributed by atoms with Gasteiger partial charge in [-0.05, 0) is 32.6 Å². The van der Waals surface area contributed by atoms with E-state index >= 15 is 0 Å². The summed E-state index contributed by atoms with van der Waals surface area (Å²) in [6.45, 7) is 1.70. The van der Waals surface area contributed by atoms with Gasteiger partial charge in [0.1, 0.15) is 5.60 Å². The van der Waals surface area contributed by atoms with Gasteiger partial charge in [-0.3, -0.25) is 4.79 Å². The minimum atomic E-state index is -0.624. The molecule has 94 valence electrons. The second-order valence-electron chi connectivity index (χ2n) is 5.14. The van der Waals surface area contributed by atoms with Crippen molar-refractivity contribution in [3.63, 3.8) is 0 Å². The van der Waals surface area contributed by atoms with Gasteiger partial charge in [0.15, 0.2) is 0 Å². The van der Waals surface area contributed by atoms with Crippen LogP contribution in [0.2, 0.25) is 0 Å². The summed E-state index contributed by atoms with van der Waals surface area (Å²) in [4.78, 5) is 25.5. The van der Waals surface area contributed by atoms with Gasteiger partial charge in [0.05, 0.1) is 5.57 Å². The monoisotopic (exact) mass is 237 g/mol. The first-order chi connectivity index (χ1) is 7.98. The molecule has 0 atom stereocenters. The number of esters is 1. The van der Waals surface area contributed by atoms with Crippen LogP contribution in [0.3, 0.4) is 0 Å². The van der Waals surface area contributed by atoms with E-state index in [1.807, 2.05) is 0 Å². The van der Waals surface area contributed by atoms with E-state index in [1.54, 1.807) is 21.0 Å². The Hall–Kier alpha value is -1.32. The quantitative estimate of drug-likeness (QED) is 0.651. The maximum Gasteiger partial charge on any atom is 0.335 e. The molecule has 17 heavy (non-hydrogen) atoms. The Bertz CT molecular complexity index is 389. The maximum atomic E-state index is 12.2. The van der Waals surface area contributed by atoms with Crippen molar-refractivity contribution in [2.75, 3.05) is 14.1 Å². The smallest absolute Gasteiger partial charge is 0.335 e. The zero-order valence-electron chi connectivity index (χ0n) is 10.7. The van der Waals surface area contributed by atoms with Crippen molar-refractivity contribution in [1.29, 1.82) is 0 Å². The fraction of sp³-hybridized carbons (Fsp3) is 0.692. The van der Waals surface area contributed by atoms with Crippen LogP contribution in [0.4, 0.5) is 0 Å². The van der Waals surface area contributed by atoms with Crippen LogP contribution < -0.4 is 0 Å². The van der Waals surface area contributed by atoms with E-state index in [2.05, 4.69) is 0 Å². The minimum Gasteiger partial charge on any atom is -0.451 e. The summed E-state index contributed by atoms with van der Waals surface area (Å²) >= 11 is 0. The standard InChI is InChI=1S/C13H19NO3/c1-9-10(11(15)14(2)3)13(17-12(9)16)7-5-4-6-8-13/h4-8H2,1-3H3. The highest BCUT2D eigenvalue weighted by Crippen LogP contribution is 2.44. The fourth-order valence-electron chi connectivity index (χ4n) is 2.80. The predicted molar refractivity (Wildman–Crippen MR) is 63.3 cm³/mol. The molecular weight excluding hydrogens is 218 g/mol. The third-order valence-electron chi connectivity index (χ3n) is 3.71. The van der Waals surface area contributed by atoms with Gasteiger partial charge in [0.25, 0.3) is 5.91 Å². The maximum absolute atomic E-state index is 12.2. The van der Waals surface area contributed by atoms with Crippen molar-refractivity contribution in [1.82, 2.24) is 4.90 Å². The summed E-state index contributed by atoms with van der Waals surface area (Å²) < 4.78 is 5.53. The SMILES string of the molecule is CC1=C(C(=O)N(C)C)C2(CCCCC2)OC1=O. The first kappa shape index (κ1) is 12.1. The van der Waals surface area contributed by atoms with Gasteiger partial charge in [-0.2, -0.15) is 0 Å². The number of likely N-dealkylation sites (N-methyl/N-ethyl adjacent to an activating group) is 1. The summed E-state index contributed by atoms with van der Waals surface area (Å²) in [6.07, 6.45) is 4.76. The highest BCUT2D eigenvalue weighted by Gasteiger charge is 2.49. The molecule has 0 aromatic carbocycles. The summed E-state index contributed by atoms with van der Waals surface area (Å²) in [5.74, 6) is -0.410. The number of hydrogen-bond donors (Lipinski definition) is 0. The van der Waals surface area contributed by atoms with E-state index in [1.165, 1.54) is 4.90 Å². The summed E-state index contributed by atoms with van der Waals surface area (Å²) in [7, 11) is 3.42. The first-order valence-electron chi connectivity index (χ1n) is 6.14. The Morgan fingerprint density at radius 3 is 2.35 bits per heavy atom. The molecule has 4 nitrogen and oxygen atoms in total. The average Bonchev–Trinajstić information content (AvgIpc) is 2.51. The highest BCUT2D eigenvalue weighted by atomic mass is 16.6. The van der Waals surface area contributed by atoms with Crippen LogP contribution in [-0.2, 0) is 14.3 Å². The van der Waals surface area contributed by atoms with Crippen molar-refractivity contribution >= 4 is 11.9 Å². The van der Waals surface area contributed by atoms with Gasteiger partial charge < -0.3 is 9.64 Å². The van der Waals surface area contributed by atoms with Crippen LogP contribution in [-0.4, -0.2) is 36.5 Å². The van der Waals surface area contributed by atoms with E-state index in [0.717, 1.165) is 32.1 Å². The van der Waals surface area contributed by atoms with E-state index in [0.29, 0.717) is 11.1 Å². The molecule has 0 bridgehead atoms. The van der Waals surface area contributed by atoms with E-state index in [4.69, 9.17) is 4.74 Å². The molecule has 1 spiro atoms. The molecule has 0 N–H and O–H groups in total. The van der Waals surface area contributed by atoms with Crippen LogP contribution in [0.5, 0.6) is 0 Å². The number of nitrogens with zero attached hydrogens (tertiary/aromatic N) is 1. The van der Waals surface area contributed by atoms with Crippen LogP contribution >= 0.6 is 0 Å².